The average molecular weight is 425 g/mol. The van der Waals surface area contributed by atoms with Crippen molar-refractivity contribution in [2.24, 2.45) is 0 Å². The van der Waals surface area contributed by atoms with E-state index in [4.69, 9.17) is 14.2 Å². The Hall–Kier alpha value is -3.14. The van der Waals surface area contributed by atoms with Crippen LogP contribution in [0.1, 0.15) is 24.3 Å². The van der Waals surface area contributed by atoms with Crippen molar-refractivity contribution in [3.8, 4) is 11.3 Å². The van der Waals surface area contributed by atoms with Gasteiger partial charge >= 0.3 is 5.97 Å². The molecule has 1 aromatic heterocycles. The second-order valence-corrected chi connectivity index (χ2v) is 7.58. The summed E-state index contributed by atoms with van der Waals surface area (Å²) < 4.78 is 33.0. The van der Waals surface area contributed by atoms with Crippen molar-refractivity contribution in [2.75, 3.05) is 6.61 Å². The number of carbonyl (C=O) groups is 1. The van der Waals surface area contributed by atoms with Crippen molar-refractivity contribution >= 4 is 5.97 Å². The Kier molecular flexibility index (Phi) is 5.23. The lowest BCUT2D eigenvalue weighted by molar-refractivity contribution is -0.298. The highest BCUT2D eigenvalue weighted by molar-refractivity contribution is 5.72. The van der Waals surface area contributed by atoms with Crippen LogP contribution >= 0.6 is 0 Å². The number of aliphatic carboxylic acids is 1. The molecule has 0 bridgehead atoms. The van der Waals surface area contributed by atoms with Crippen LogP contribution in [-0.2, 0) is 19.0 Å². The summed E-state index contributed by atoms with van der Waals surface area (Å²) in [7, 11) is 0. The van der Waals surface area contributed by atoms with Gasteiger partial charge in [-0.1, -0.05) is 47.7 Å². The first-order valence-electron chi connectivity index (χ1n) is 9.96. The second kappa shape index (κ2) is 8.18. The van der Waals surface area contributed by atoms with Crippen LogP contribution in [0.15, 0.2) is 60.8 Å². The molecular formula is C22H20FN3O5. The minimum atomic E-state index is -1.06. The van der Waals surface area contributed by atoms with Gasteiger partial charge in [0.1, 0.15) is 23.7 Å². The third-order valence-corrected chi connectivity index (χ3v) is 5.55. The van der Waals surface area contributed by atoms with Crippen molar-refractivity contribution < 1.29 is 28.5 Å². The van der Waals surface area contributed by atoms with Crippen LogP contribution in [0.25, 0.3) is 11.3 Å². The number of nitrogens with zero attached hydrogens (tertiary/aromatic N) is 3. The molecule has 0 saturated carbocycles. The van der Waals surface area contributed by atoms with E-state index in [9.17, 15) is 14.3 Å². The van der Waals surface area contributed by atoms with Gasteiger partial charge in [-0.3, -0.25) is 0 Å². The zero-order valence-electron chi connectivity index (χ0n) is 16.4. The zero-order chi connectivity index (χ0) is 21.4. The van der Waals surface area contributed by atoms with E-state index < -0.39 is 36.6 Å². The molecule has 9 heteroatoms. The van der Waals surface area contributed by atoms with E-state index in [1.54, 1.807) is 23.0 Å². The van der Waals surface area contributed by atoms with Gasteiger partial charge < -0.3 is 19.3 Å². The predicted octanol–water partition coefficient (Wildman–Crippen LogP) is 2.98. The summed E-state index contributed by atoms with van der Waals surface area (Å²) >= 11 is 0. The first-order valence-corrected chi connectivity index (χ1v) is 9.96. The van der Waals surface area contributed by atoms with Crippen molar-refractivity contribution in [1.29, 1.82) is 0 Å². The molecule has 5 rings (SSSR count). The maximum absolute atomic E-state index is 13.6. The fourth-order valence-corrected chi connectivity index (χ4v) is 4.04. The van der Waals surface area contributed by atoms with Gasteiger partial charge in [-0.05, 0) is 12.1 Å². The van der Waals surface area contributed by atoms with Crippen LogP contribution in [0, 0.1) is 5.82 Å². The van der Waals surface area contributed by atoms with Gasteiger partial charge in [0.25, 0.3) is 0 Å². The molecule has 31 heavy (non-hydrogen) atoms. The molecule has 2 aliphatic rings. The van der Waals surface area contributed by atoms with Crippen molar-refractivity contribution in [3.05, 3.63) is 72.2 Å². The molecule has 1 unspecified atom stereocenters. The summed E-state index contributed by atoms with van der Waals surface area (Å²) in [5.74, 6) is -1.43. The third kappa shape index (κ3) is 3.95. The van der Waals surface area contributed by atoms with E-state index >= 15 is 0 Å². The lowest BCUT2D eigenvalue weighted by Gasteiger charge is -2.44. The van der Waals surface area contributed by atoms with Crippen LogP contribution in [0.5, 0.6) is 0 Å². The summed E-state index contributed by atoms with van der Waals surface area (Å²) in [6, 6.07) is 15.1. The number of carboxylic acid groups (broad SMARTS) is 1. The van der Waals surface area contributed by atoms with Crippen LogP contribution in [0.4, 0.5) is 4.39 Å². The molecule has 0 amide bonds. The lowest BCUT2D eigenvalue weighted by Crippen LogP contribution is -2.54. The van der Waals surface area contributed by atoms with E-state index in [0.29, 0.717) is 11.3 Å². The molecule has 0 radical (unpaired) electrons. The van der Waals surface area contributed by atoms with E-state index in [2.05, 4.69) is 10.3 Å². The largest absolute Gasteiger partial charge is 0.479 e. The van der Waals surface area contributed by atoms with Crippen LogP contribution in [0.3, 0.4) is 0 Å². The maximum Gasteiger partial charge on any atom is 0.332 e. The Labute approximate surface area is 177 Å². The SMILES string of the molecule is O=C(O)[C@H]1C[C@@H](n2cc(-c3cccc(F)c3)nn2)[C@H]2OC(c3ccccc3)OC[C@H]2O1. The summed E-state index contributed by atoms with van der Waals surface area (Å²) in [5.41, 5.74) is 1.93. The molecule has 1 N–H and O–H groups in total. The topological polar surface area (TPSA) is 95.7 Å². The zero-order valence-corrected chi connectivity index (χ0v) is 16.4. The molecule has 0 aliphatic carbocycles. The van der Waals surface area contributed by atoms with Crippen LogP contribution in [-0.4, -0.2) is 51.0 Å². The van der Waals surface area contributed by atoms with Crippen molar-refractivity contribution in [3.63, 3.8) is 0 Å². The highest BCUT2D eigenvalue weighted by Gasteiger charge is 2.47. The fourth-order valence-electron chi connectivity index (χ4n) is 4.04. The Morgan fingerprint density at radius 3 is 2.74 bits per heavy atom. The smallest absolute Gasteiger partial charge is 0.332 e. The van der Waals surface area contributed by atoms with E-state index in [1.807, 2.05) is 30.3 Å². The number of hydrogen-bond acceptors (Lipinski definition) is 6. The molecule has 2 aliphatic heterocycles. The van der Waals surface area contributed by atoms with Crippen LogP contribution in [0.2, 0.25) is 0 Å². The molecule has 2 saturated heterocycles. The average Bonchev–Trinajstić information content (AvgIpc) is 3.29. The summed E-state index contributed by atoms with van der Waals surface area (Å²) in [6.07, 6.45) is -0.839. The number of halogens is 1. The third-order valence-electron chi connectivity index (χ3n) is 5.55. The summed E-state index contributed by atoms with van der Waals surface area (Å²) in [4.78, 5) is 11.7. The second-order valence-electron chi connectivity index (χ2n) is 7.58. The number of hydrogen-bond donors (Lipinski definition) is 1. The van der Waals surface area contributed by atoms with E-state index in [0.717, 1.165) is 5.56 Å². The summed E-state index contributed by atoms with van der Waals surface area (Å²) in [6.45, 7) is 0.190. The quantitative estimate of drug-likeness (QED) is 0.687. The highest BCUT2D eigenvalue weighted by atomic mass is 19.1. The fraction of sp³-hybridized carbons (Fsp3) is 0.318. The molecule has 5 atom stereocenters. The standard InChI is InChI=1S/C22H20FN3O5/c23-15-8-4-7-14(9-15)16-11-26(25-24-16)17-10-18(21(27)28)30-19-12-29-22(31-20(17)19)13-5-2-1-3-6-13/h1-9,11,17-20,22H,10,12H2,(H,27,28)/t17-,18-,19-,20-,22?/m1/s1. The van der Waals surface area contributed by atoms with Gasteiger partial charge in [-0.25, -0.2) is 13.9 Å². The molecule has 0 spiro atoms. The highest BCUT2D eigenvalue weighted by Crippen LogP contribution is 2.39. The van der Waals surface area contributed by atoms with E-state index in [1.165, 1.54) is 12.1 Å². The molecular weight excluding hydrogens is 405 g/mol. The first kappa shape index (κ1) is 19.8. The molecule has 3 aromatic rings. The minimum Gasteiger partial charge on any atom is -0.479 e. The number of benzene rings is 2. The van der Waals surface area contributed by atoms with Gasteiger partial charge in [0.05, 0.1) is 18.8 Å². The molecule has 160 valence electrons. The Bertz CT molecular complexity index is 1080. The van der Waals surface area contributed by atoms with Gasteiger partial charge in [0.2, 0.25) is 0 Å². The number of rotatable bonds is 4. The van der Waals surface area contributed by atoms with E-state index in [-0.39, 0.29) is 18.8 Å². The predicted molar refractivity (Wildman–Crippen MR) is 105 cm³/mol. The lowest BCUT2D eigenvalue weighted by atomic mass is 9.94. The van der Waals surface area contributed by atoms with Crippen LogP contribution < -0.4 is 0 Å². The Balaban J connectivity index is 1.45. The van der Waals surface area contributed by atoms with Gasteiger partial charge in [0, 0.05) is 17.5 Å². The normalized spacial score (nSPS) is 28.1. The summed E-state index contributed by atoms with van der Waals surface area (Å²) in [5, 5.41) is 17.9. The van der Waals surface area contributed by atoms with Gasteiger partial charge in [-0.2, -0.15) is 0 Å². The number of carboxylic acids is 1. The number of aromatic nitrogens is 3. The maximum atomic E-state index is 13.6. The number of ether oxygens (including phenoxy) is 3. The van der Waals surface area contributed by atoms with Gasteiger partial charge in [-0.15, -0.1) is 5.10 Å². The van der Waals surface area contributed by atoms with Crippen molar-refractivity contribution in [2.45, 2.75) is 37.1 Å². The Morgan fingerprint density at radius 2 is 1.97 bits per heavy atom. The molecule has 8 nitrogen and oxygen atoms in total. The minimum absolute atomic E-state index is 0.157. The monoisotopic (exact) mass is 425 g/mol. The molecule has 3 heterocycles. The molecule has 2 aromatic carbocycles. The van der Waals surface area contributed by atoms with Gasteiger partial charge in [0.15, 0.2) is 12.4 Å². The first-order chi connectivity index (χ1) is 15.1. The Morgan fingerprint density at radius 1 is 1.13 bits per heavy atom. The number of fused-ring (bicyclic) bond motifs is 1. The van der Waals surface area contributed by atoms with Crippen molar-refractivity contribution in [1.82, 2.24) is 15.0 Å². The molecule has 2 fully saturated rings.